The fraction of sp³-hybridized carbons (Fsp3) is 0.364. The number of amides is 2. The maximum Gasteiger partial charge on any atom is 0.279 e. The fourth-order valence-electron chi connectivity index (χ4n) is 3.03. The summed E-state index contributed by atoms with van der Waals surface area (Å²) in [6.45, 7) is 0.747. The lowest BCUT2D eigenvalue weighted by atomic mass is 10.1. The highest BCUT2D eigenvalue weighted by Gasteiger charge is 2.19. The molecule has 0 spiro atoms. The number of methoxy groups -OCH3 is 3. The second-order valence-corrected chi connectivity index (χ2v) is 6.99. The smallest absolute Gasteiger partial charge is 0.279 e. The monoisotopic (exact) mass is 416 g/mol. The molecule has 0 radical (unpaired) electrons. The Balaban J connectivity index is 1.87. The molecule has 2 aromatic rings. The van der Waals surface area contributed by atoms with Crippen molar-refractivity contribution in [3.05, 3.63) is 48.0 Å². The molecule has 8 heteroatoms. The Bertz CT molecular complexity index is 854. The Morgan fingerprint density at radius 2 is 1.67 bits per heavy atom. The van der Waals surface area contributed by atoms with E-state index < -0.39 is 0 Å². The number of ether oxygens (including phenoxy) is 3. The SMILES string of the molecule is COc1ccc(NC(=O)C[NH+](C)CC(=O)N(C)Cc2cccc(OC)c2OC)cc1. The van der Waals surface area contributed by atoms with Crippen molar-refractivity contribution in [2.45, 2.75) is 6.54 Å². The average Bonchev–Trinajstić information content (AvgIpc) is 2.73. The molecule has 1 atom stereocenters. The van der Waals surface area contributed by atoms with E-state index in [-0.39, 0.29) is 24.9 Å². The zero-order valence-corrected chi connectivity index (χ0v) is 18.2. The summed E-state index contributed by atoms with van der Waals surface area (Å²) in [4.78, 5) is 27.3. The molecule has 2 aromatic carbocycles. The fourth-order valence-corrected chi connectivity index (χ4v) is 3.03. The van der Waals surface area contributed by atoms with Gasteiger partial charge in [-0.15, -0.1) is 0 Å². The second-order valence-electron chi connectivity index (χ2n) is 6.99. The van der Waals surface area contributed by atoms with Crippen molar-refractivity contribution in [3.8, 4) is 17.2 Å². The van der Waals surface area contributed by atoms with Crippen LogP contribution in [0.4, 0.5) is 5.69 Å². The number of likely N-dealkylation sites (N-methyl/N-ethyl adjacent to an activating group) is 2. The number of nitrogens with zero attached hydrogens (tertiary/aromatic N) is 1. The summed E-state index contributed by atoms with van der Waals surface area (Å²) in [7, 11) is 8.27. The van der Waals surface area contributed by atoms with Crippen LogP contribution in [0.2, 0.25) is 0 Å². The lowest BCUT2D eigenvalue weighted by Gasteiger charge is -2.21. The number of quaternary nitrogens is 1. The number of benzene rings is 2. The second kappa shape index (κ2) is 11.1. The molecule has 0 saturated heterocycles. The number of nitrogens with one attached hydrogen (secondary N) is 2. The van der Waals surface area contributed by atoms with E-state index in [2.05, 4.69) is 5.32 Å². The molecule has 2 amide bonds. The Hall–Kier alpha value is -3.26. The molecular formula is C22H30N3O5+. The van der Waals surface area contributed by atoms with E-state index in [1.54, 1.807) is 57.5 Å². The van der Waals surface area contributed by atoms with Crippen LogP contribution >= 0.6 is 0 Å². The predicted octanol–water partition coefficient (Wildman–Crippen LogP) is 0.824. The van der Waals surface area contributed by atoms with Gasteiger partial charge in [-0.05, 0) is 30.3 Å². The van der Waals surface area contributed by atoms with Crippen molar-refractivity contribution in [3.63, 3.8) is 0 Å². The van der Waals surface area contributed by atoms with E-state index in [1.807, 2.05) is 25.2 Å². The van der Waals surface area contributed by atoms with E-state index in [4.69, 9.17) is 14.2 Å². The minimum absolute atomic E-state index is 0.0744. The van der Waals surface area contributed by atoms with Crippen molar-refractivity contribution in [2.75, 3.05) is 53.8 Å². The van der Waals surface area contributed by atoms with Crippen LogP contribution < -0.4 is 24.4 Å². The molecule has 162 valence electrons. The van der Waals surface area contributed by atoms with Crippen molar-refractivity contribution in [2.24, 2.45) is 0 Å². The highest BCUT2D eigenvalue weighted by molar-refractivity contribution is 5.91. The van der Waals surface area contributed by atoms with Gasteiger partial charge in [-0.1, -0.05) is 12.1 Å². The summed E-state index contributed by atoms with van der Waals surface area (Å²) < 4.78 is 15.8. The summed E-state index contributed by atoms with van der Waals surface area (Å²) in [5.41, 5.74) is 1.53. The summed E-state index contributed by atoms with van der Waals surface area (Å²) in [6.07, 6.45) is 0. The van der Waals surface area contributed by atoms with Crippen molar-refractivity contribution >= 4 is 17.5 Å². The van der Waals surface area contributed by atoms with Gasteiger partial charge >= 0.3 is 0 Å². The molecule has 0 aliphatic rings. The van der Waals surface area contributed by atoms with Crippen LogP contribution in [0.5, 0.6) is 17.2 Å². The van der Waals surface area contributed by atoms with Crippen LogP contribution in [0.15, 0.2) is 42.5 Å². The maximum absolute atomic E-state index is 12.6. The Morgan fingerprint density at radius 3 is 2.27 bits per heavy atom. The van der Waals surface area contributed by atoms with Gasteiger partial charge in [0.25, 0.3) is 11.8 Å². The number of carbonyl (C=O) groups excluding carboxylic acids is 2. The first-order chi connectivity index (χ1) is 14.4. The maximum atomic E-state index is 12.6. The third-order valence-corrected chi connectivity index (χ3v) is 4.61. The molecule has 0 bridgehead atoms. The molecule has 2 N–H and O–H groups in total. The van der Waals surface area contributed by atoms with Gasteiger partial charge in [-0.2, -0.15) is 0 Å². The third kappa shape index (κ3) is 6.38. The van der Waals surface area contributed by atoms with E-state index in [0.29, 0.717) is 23.7 Å². The highest BCUT2D eigenvalue weighted by Crippen LogP contribution is 2.31. The molecule has 30 heavy (non-hydrogen) atoms. The standard InChI is InChI=1S/C22H29N3O5/c1-24(14-20(26)23-17-9-11-18(28-3)12-10-17)15-21(27)25(2)13-16-7-6-8-19(29-4)22(16)30-5/h6-12H,13-15H2,1-5H3,(H,23,26)/p+1. The third-order valence-electron chi connectivity index (χ3n) is 4.61. The van der Waals surface area contributed by atoms with Crippen molar-refractivity contribution in [1.29, 1.82) is 0 Å². The van der Waals surface area contributed by atoms with Crippen LogP contribution in [-0.4, -0.2) is 65.2 Å². The van der Waals surface area contributed by atoms with E-state index >= 15 is 0 Å². The number of hydrogen-bond donors (Lipinski definition) is 2. The van der Waals surface area contributed by atoms with Gasteiger partial charge in [0.2, 0.25) is 0 Å². The molecule has 0 aliphatic heterocycles. The molecule has 1 unspecified atom stereocenters. The Kier molecular flexibility index (Phi) is 8.49. The zero-order chi connectivity index (χ0) is 22.1. The van der Waals surface area contributed by atoms with Gasteiger partial charge in [-0.25, -0.2) is 0 Å². The van der Waals surface area contributed by atoms with Crippen LogP contribution in [-0.2, 0) is 16.1 Å². The first-order valence-electron chi connectivity index (χ1n) is 9.57. The Morgan fingerprint density at radius 1 is 0.967 bits per heavy atom. The molecular weight excluding hydrogens is 386 g/mol. The number of anilines is 1. The number of carbonyl (C=O) groups is 2. The van der Waals surface area contributed by atoms with Gasteiger partial charge in [-0.3, -0.25) is 9.59 Å². The van der Waals surface area contributed by atoms with E-state index in [9.17, 15) is 9.59 Å². The quantitative estimate of drug-likeness (QED) is 0.600. The van der Waals surface area contributed by atoms with E-state index in [0.717, 1.165) is 16.2 Å². The van der Waals surface area contributed by atoms with Gasteiger partial charge in [0.15, 0.2) is 24.6 Å². The minimum atomic E-state index is -0.164. The molecule has 0 fully saturated rings. The summed E-state index contributed by atoms with van der Waals surface area (Å²) in [5, 5.41) is 2.82. The Labute approximate surface area is 177 Å². The van der Waals surface area contributed by atoms with Crippen LogP contribution in [0.1, 0.15) is 5.56 Å². The van der Waals surface area contributed by atoms with Gasteiger partial charge in [0.1, 0.15) is 5.75 Å². The molecule has 2 rings (SSSR count). The van der Waals surface area contributed by atoms with Crippen LogP contribution in [0.25, 0.3) is 0 Å². The summed E-state index contributed by atoms with van der Waals surface area (Å²) in [5.74, 6) is 1.71. The highest BCUT2D eigenvalue weighted by atomic mass is 16.5. The summed E-state index contributed by atoms with van der Waals surface area (Å²) in [6, 6.07) is 12.7. The van der Waals surface area contributed by atoms with Crippen LogP contribution in [0.3, 0.4) is 0 Å². The predicted molar refractivity (Wildman–Crippen MR) is 114 cm³/mol. The van der Waals surface area contributed by atoms with Gasteiger partial charge < -0.3 is 29.3 Å². The normalized spacial score (nSPS) is 11.4. The largest absolute Gasteiger partial charge is 0.497 e. The lowest BCUT2D eigenvalue weighted by Crippen LogP contribution is -3.11. The summed E-state index contributed by atoms with van der Waals surface area (Å²) >= 11 is 0. The molecule has 0 heterocycles. The molecule has 8 nitrogen and oxygen atoms in total. The first kappa shape index (κ1) is 23.0. The minimum Gasteiger partial charge on any atom is -0.497 e. The molecule has 0 saturated carbocycles. The number of hydrogen-bond acceptors (Lipinski definition) is 5. The number of rotatable bonds is 10. The van der Waals surface area contributed by atoms with E-state index in [1.165, 1.54) is 0 Å². The first-order valence-corrected chi connectivity index (χ1v) is 9.57. The van der Waals surface area contributed by atoms with Gasteiger partial charge in [0, 0.05) is 24.8 Å². The van der Waals surface area contributed by atoms with Crippen LogP contribution in [0, 0.1) is 0 Å². The lowest BCUT2D eigenvalue weighted by molar-refractivity contribution is -0.862. The average molecular weight is 416 g/mol. The van der Waals surface area contributed by atoms with Crippen molar-refractivity contribution < 1.29 is 28.7 Å². The molecule has 0 aromatic heterocycles. The topological polar surface area (TPSA) is 81.5 Å². The van der Waals surface area contributed by atoms with Crippen molar-refractivity contribution in [1.82, 2.24) is 4.90 Å². The number of para-hydroxylation sites is 1. The van der Waals surface area contributed by atoms with Gasteiger partial charge in [0.05, 0.1) is 28.4 Å². The molecule has 0 aliphatic carbocycles. The zero-order valence-electron chi connectivity index (χ0n) is 18.2.